The van der Waals surface area contributed by atoms with Crippen LogP contribution >= 0.6 is 0 Å². The Kier molecular flexibility index (Phi) is 8.04. The Balaban J connectivity index is 1.44. The van der Waals surface area contributed by atoms with Gasteiger partial charge in [-0.3, -0.25) is 14.6 Å². The molecule has 40 heavy (non-hydrogen) atoms. The van der Waals surface area contributed by atoms with Gasteiger partial charge in [-0.15, -0.1) is 10.2 Å². The van der Waals surface area contributed by atoms with E-state index in [2.05, 4.69) is 46.7 Å². The number of tetrazole rings is 1. The molecule has 0 saturated heterocycles. The van der Waals surface area contributed by atoms with Crippen LogP contribution in [0.25, 0.3) is 0 Å². The maximum atomic E-state index is 14.2. The third-order valence-electron chi connectivity index (χ3n) is 8.31. The van der Waals surface area contributed by atoms with E-state index >= 15 is 0 Å². The van der Waals surface area contributed by atoms with Gasteiger partial charge in [0.15, 0.2) is 5.82 Å². The van der Waals surface area contributed by atoms with Crippen LogP contribution < -0.4 is 5.32 Å². The maximum Gasteiger partial charge on any atom is 0.275 e. The fourth-order valence-corrected chi connectivity index (χ4v) is 6.06. The molecule has 1 saturated carbocycles. The number of benzene rings is 2. The molecule has 3 aromatic rings. The summed E-state index contributed by atoms with van der Waals surface area (Å²) in [6.07, 6.45) is 5.22. The van der Waals surface area contributed by atoms with E-state index in [0.29, 0.717) is 34.5 Å². The number of H-pyrrole nitrogens is 1. The van der Waals surface area contributed by atoms with Gasteiger partial charge in [-0.25, -0.2) is 4.39 Å². The highest BCUT2D eigenvalue weighted by molar-refractivity contribution is 6.46. The number of aliphatic imine (C=N–C) groups is 1. The number of amides is 2. The number of aromatic amines is 1. The number of hydrogen-bond acceptors (Lipinski definition) is 6. The molecule has 5 rings (SSSR count). The lowest BCUT2D eigenvalue weighted by molar-refractivity contribution is -0.133. The summed E-state index contributed by atoms with van der Waals surface area (Å²) in [5.41, 5.74) is 1.88. The fraction of sp³-hybridized carbons (Fsp3) is 0.467. The van der Waals surface area contributed by atoms with Crippen LogP contribution in [-0.4, -0.2) is 48.7 Å². The second kappa shape index (κ2) is 11.7. The normalized spacial score (nSPS) is 21.6. The minimum absolute atomic E-state index is 0.116. The van der Waals surface area contributed by atoms with E-state index in [9.17, 15) is 14.0 Å². The smallest absolute Gasteiger partial charge is 0.275 e. The number of hydrogen-bond donors (Lipinski definition) is 2. The molecular formula is C30H36FN7O2. The van der Waals surface area contributed by atoms with E-state index < -0.39 is 5.66 Å². The first-order valence-corrected chi connectivity index (χ1v) is 14.1. The molecule has 2 aromatic carbocycles. The molecule has 2 N–H and O–H groups in total. The van der Waals surface area contributed by atoms with E-state index in [4.69, 9.17) is 4.99 Å². The Labute approximate surface area is 233 Å². The Hall–Kier alpha value is -3.95. The average molecular weight is 546 g/mol. The summed E-state index contributed by atoms with van der Waals surface area (Å²) in [5.74, 6) is 0.872. The van der Waals surface area contributed by atoms with Crippen LogP contribution in [0.1, 0.15) is 92.6 Å². The highest BCUT2D eigenvalue weighted by atomic mass is 19.1. The predicted molar refractivity (Wildman–Crippen MR) is 149 cm³/mol. The number of carbonyl (C=O) groups excluding carboxylic acids is 2. The molecule has 9 nitrogen and oxygen atoms in total. The standard InChI is InChI=1S/C30H36FN7O2/c1-4-5-25(21-6-8-23(9-7-21)28(39)32-18-26-34-36-37-35-26)38-29(40)27(22-10-12-24(31)13-11-22)33-30(38)16-14-20(15-17-30)19(2)3/h6-13,19-20,25H,4-5,14-18H2,1-3H3,(H,32,39)(H,34,35,36,37). The second-order valence-corrected chi connectivity index (χ2v) is 11.1. The van der Waals surface area contributed by atoms with Gasteiger partial charge in [-0.1, -0.05) is 44.5 Å². The molecule has 2 aliphatic rings. The van der Waals surface area contributed by atoms with E-state index in [0.717, 1.165) is 44.1 Å². The van der Waals surface area contributed by atoms with Crippen molar-refractivity contribution in [2.75, 3.05) is 0 Å². The molecule has 1 unspecified atom stereocenters. The summed E-state index contributed by atoms with van der Waals surface area (Å²) in [7, 11) is 0. The van der Waals surface area contributed by atoms with Crippen LogP contribution in [0.2, 0.25) is 0 Å². The lowest BCUT2D eigenvalue weighted by Crippen LogP contribution is -2.51. The first-order chi connectivity index (χ1) is 19.3. The largest absolute Gasteiger partial charge is 0.345 e. The average Bonchev–Trinajstić information content (AvgIpc) is 3.58. The Bertz CT molecular complexity index is 1350. The zero-order chi connectivity index (χ0) is 28.3. The summed E-state index contributed by atoms with van der Waals surface area (Å²) in [5, 5.41) is 16.4. The van der Waals surface area contributed by atoms with E-state index in [-0.39, 0.29) is 30.2 Å². The number of carbonyl (C=O) groups is 2. The molecule has 2 heterocycles. The molecule has 1 aromatic heterocycles. The van der Waals surface area contributed by atoms with Crippen molar-refractivity contribution in [2.24, 2.45) is 16.8 Å². The van der Waals surface area contributed by atoms with Crippen molar-refractivity contribution >= 4 is 17.5 Å². The van der Waals surface area contributed by atoms with Crippen molar-refractivity contribution in [1.29, 1.82) is 0 Å². The van der Waals surface area contributed by atoms with Gasteiger partial charge in [0.2, 0.25) is 0 Å². The Morgan fingerprint density at radius 1 is 1.12 bits per heavy atom. The van der Waals surface area contributed by atoms with Gasteiger partial charge in [-0.05, 0) is 85.9 Å². The Morgan fingerprint density at radius 2 is 1.82 bits per heavy atom. The molecule has 2 amide bonds. The minimum Gasteiger partial charge on any atom is -0.345 e. The first kappa shape index (κ1) is 27.6. The Morgan fingerprint density at radius 3 is 2.42 bits per heavy atom. The van der Waals surface area contributed by atoms with Crippen LogP contribution in [0.5, 0.6) is 0 Å². The molecular weight excluding hydrogens is 509 g/mol. The predicted octanol–water partition coefficient (Wildman–Crippen LogP) is 4.98. The van der Waals surface area contributed by atoms with Crippen LogP contribution in [0.15, 0.2) is 53.5 Å². The highest BCUT2D eigenvalue weighted by Gasteiger charge is 2.51. The monoisotopic (exact) mass is 545 g/mol. The number of nitrogens with zero attached hydrogens (tertiary/aromatic N) is 5. The number of aromatic nitrogens is 4. The fourth-order valence-electron chi connectivity index (χ4n) is 6.06. The summed E-state index contributed by atoms with van der Waals surface area (Å²) in [6, 6.07) is 13.3. The van der Waals surface area contributed by atoms with Gasteiger partial charge in [0, 0.05) is 11.1 Å². The molecule has 0 bridgehead atoms. The second-order valence-electron chi connectivity index (χ2n) is 11.1. The molecule has 1 fully saturated rings. The molecule has 210 valence electrons. The molecule has 1 aliphatic heterocycles. The van der Waals surface area contributed by atoms with Gasteiger partial charge >= 0.3 is 0 Å². The summed E-state index contributed by atoms with van der Waals surface area (Å²) < 4.78 is 13.7. The van der Waals surface area contributed by atoms with Crippen molar-refractivity contribution in [2.45, 2.75) is 77.5 Å². The third-order valence-corrected chi connectivity index (χ3v) is 8.31. The van der Waals surface area contributed by atoms with Crippen LogP contribution in [-0.2, 0) is 11.3 Å². The number of rotatable bonds is 9. The lowest BCUT2D eigenvalue weighted by atomic mass is 9.76. The van der Waals surface area contributed by atoms with E-state index in [1.807, 2.05) is 17.0 Å². The van der Waals surface area contributed by atoms with Crippen molar-refractivity contribution in [3.8, 4) is 0 Å². The van der Waals surface area contributed by atoms with Gasteiger partial charge < -0.3 is 10.2 Å². The molecule has 0 radical (unpaired) electrons. The lowest BCUT2D eigenvalue weighted by Gasteiger charge is -2.46. The van der Waals surface area contributed by atoms with Crippen molar-refractivity contribution in [1.82, 2.24) is 30.8 Å². The zero-order valence-electron chi connectivity index (χ0n) is 23.2. The molecule has 1 aliphatic carbocycles. The summed E-state index contributed by atoms with van der Waals surface area (Å²) >= 11 is 0. The molecule has 10 heteroatoms. The summed E-state index contributed by atoms with van der Waals surface area (Å²) in [4.78, 5) is 34.0. The van der Waals surface area contributed by atoms with Crippen LogP contribution in [0.4, 0.5) is 4.39 Å². The van der Waals surface area contributed by atoms with Crippen molar-refractivity contribution in [3.05, 3.63) is 76.9 Å². The topological polar surface area (TPSA) is 116 Å². The first-order valence-electron chi connectivity index (χ1n) is 14.1. The van der Waals surface area contributed by atoms with Gasteiger partial charge in [0.05, 0.1) is 12.6 Å². The van der Waals surface area contributed by atoms with Crippen molar-refractivity contribution in [3.63, 3.8) is 0 Å². The van der Waals surface area contributed by atoms with Gasteiger partial charge in [0.1, 0.15) is 17.2 Å². The van der Waals surface area contributed by atoms with Crippen LogP contribution in [0.3, 0.4) is 0 Å². The maximum absolute atomic E-state index is 14.2. The zero-order valence-corrected chi connectivity index (χ0v) is 23.2. The number of nitrogens with one attached hydrogen (secondary N) is 2. The summed E-state index contributed by atoms with van der Waals surface area (Å²) in [6.45, 7) is 6.79. The third kappa shape index (κ3) is 5.52. The van der Waals surface area contributed by atoms with Crippen molar-refractivity contribution < 1.29 is 14.0 Å². The number of halogens is 1. The highest BCUT2D eigenvalue weighted by Crippen LogP contribution is 2.48. The molecule has 1 spiro atoms. The molecule has 1 atom stereocenters. The van der Waals surface area contributed by atoms with Gasteiger partial charge in [0.25, 0.3) is 11.8 Å². The quantitative estimate of drug-likeness (QED) is 0.393. The minimum atomic E-state index is -0.632. The SMILES string of the molecule is CCCC(c1ccc(C(=O)NCc2nn[nH]n2)cc1)N1C(=O)C(c2ccc(F)cc2)=NC12CCC(C(C)C)CC2. The van der Waals surface area contributed by atoms with E-state index in [1.165, 1.54) is 12.1 Å². The van der Waals surface area contributed by atoms with Crippen LogP contribution in [0, 0.1) is 17.7 Å². The van der Waals surface area contributed by atoms with E-state index in [1.54, 1.807) is 24.3 Å². The van der Waals surface area contributed by atoms with Gasteiger partial charge in [-0.2, -0.15) is 5.21 Å².